The number of aryl methyl sites for hydroxylation is 1. The number of carbonyl (C=O) groups excluding carboxylic acids is 1. The fourth-order valence-corrected chi connectivity index (χ4v) is 2.41. The minimum absolute atomic E-state index is 0.0465. The van der Waals surface area contributed by atoms with E-state index < -0.39 is 6.09 Å². The van der Waals surface area contributed by atoms with Crippen molar-refractivity contribution in [1.82, 2.24) is 20.1 Å². The maximum atomic E-state index is 11.8. The second kappa shape index (κ2) is 7.23. The van der Waals surface area contributed by atoms with Crippen molar-refractivity contribution in [3.8, 4) is 11.3 Å². The Bertz CT molecular complexity index is 648. The second-order valence-corrected chi connectivity index (χ2v) is 5.52. The molecule has 0 atom stereocenters. The van der Waals surface area contributed by atoms with Crippen molar-refractivity contribution < 1.29 is 14.3 Å². The zero-order valence-corrected chi connectivity index (χ0v) is 13.1. The maximum absolute atomic E-state index is 11.8. The second-order valence-electron chi connectivity index (χ2n) is 5.52. The molecule has 2 aromatic heterocycles. The van der Waals surface area contributed by atoms with Crippen molar-refractivity contribution in [2.24, 2.45) is 7.05 Å². The standard InChI is InChI=1S/C16H20N4O3/c1-20-11-13(10-19-20)15-3-2-12(8-17-15)9-18-16(21)23-14-4-6-22-7-5-14/h2-3,8,10-11,14H,4-7,9H2,1H3,(H,18,21). The van der Waals surface area contributed by atoms with Gasteiger partial charge in [-0.1, -0.05) is 6.07 Å². The highest BCUT2D eigenvalue weighted by molar-refractivity contribution is 5.67. The molecular weight excluding hydrogens is 296 g/mol. The van der Waals surface area contributed by atoms with Gasteiger partial charge in [0.05, 0.1) is 25.1 Å². The Kier molecular flexibility index (Phi) is 4.87. The third-order valence-corrected chi connectivity index (χ3v) is 3.70. The van der Waals surface area contributed by atoms with E-state index in [1.807, 2.05) is 25.4 Å². The molecule has 7 heteroatoms. The largest absolute Gasteiger partial charge is 0.446 e. The first-order valence-corrected chi connectivity index (χ1v) is 7.67. The zero-order chi connectivity index (χ0) is 16.1. The Morgan fingerprint density at radius 2 is 2.22 bits per heavy atom. The minimum atomic E-state index is -0.395. The van der Waals surface area contributed by atoms with Crippen molar-refractivity contribution >= 4 is 6.09 Å². The predicted molar refractivity (Wildman–Crippen MR) is 83.6 cm³/mol. The number of alkyl carbamates (subject to hydrolysis) is 1. The maximum Gasteiger partial charge on any atom is 0.407 e. The minimum Gasteiger partial charge on any atom is -0.446 e. The average Bonchev–Trinajstić information content (AvgIpc) is 3.01. The summed E-state index contributed by atoms with van der Waals surface area (Å²) in [5.41, 5.74) is 2.74. The fourth-order valence-electron chi connectivity index (χ4n) is 2.41. The van der Waals surface area contributed by atoms with Crippen molar-refractivity contribution in [2.45, 2.75) is 25.5 Å². The Balaban J connectivity index is 1.49. The van der Waals surface area contributed by atoms with Crippen LogP contribution < -0.4 is 5.32 Å². The van der Waals surface area contributed by atoms with Crippen LogP contribution in [0, 0.1) is 0 Å². The number of amides is 1. The van der Waals surface area contributed by atoms with Crippen LogP contribution in [0.4, 0.5) is 4.79 Å². The number of aromatic nitrogens is 3. The van der Waals surface area contributed by atoms with Crippen LogP contribution in [0.3, 0.4) is 0 Å². The Labute approximate surface area is 134 Å². The van der Waals surface area contributed by atoms with Crippen molar-refractivity contribution in [3.63, 3.8) is 0 Å². The van der Waals surface area contributed by atoms with Gasteiger partial charge in [0.15, 0.2) is 0 Å². The molecule has 122 valence electrons. The Morgan fingerprint density at radius 3 is 2.87 bits per heavy atom. The van der Waals surface area contributed by atoms with E-state index in [0.29, 0.717) is 19.8 Å². The number of rotatable bonds is 4. The molecule has 1 saturated heterocycles. The smallest absolute Gasteiger partial charge is 0.407 e. The third-order valence-electron chi connectivity index (χ3n) is 3.70. The summed E-state index contributed by atoms with van der Waals surface area (Å²) in [4.78, 5) is 16.2. The molecule has 1 N–H and O–H groups in total. The van der Waals surface area contributed by atoms with Gasteiger partial charge in [-0.25, -0.2) is 4.79 Å². The van der Waals surface area contributed by atoms with E-state index in [2.05, 4.69) is 15.4 Å². The van der Waals surface area contributed by atoms with E-state index in [-0.39, 0.29) is 6.10 Å². The molecule has 0 spiro atoms. The molecule has 7 nitrogen and oxygen atoms in total. The van der Waals surface area contributed by atoms with Crippen LogP contribution in [0.2, 0.25) is 0 Å². The van der Waals surface area contributed by atoms with Gasteiger partial charge in [0, 0.05) is 44.4 Å². The number of pyridine rings is 1. The lowest BCUT2D eigenvalue weighted by atomic mass is 10.2. The van der Waals surface area contributed by atoms with Crippen LogP contribution in [-0.4, -0.2) is 40.2 Å². The molecule has 0 bridgehead atoms. The Hall–Kier alpha value is -2.41. The van der Waals surface area contributed by atoms with E-state index >= 15 is 0 Å². The van der Waals surface area contributed by atoms with Crippen LogP contribution in [0.25, 0.3) is 11.3 Å². The summed E-state index contributed by atoms with van der Waals surface area (Å²) in [7, 11) is 1.87. The molecule has 0 saturated carbocycles. The van der Waals surface area contributed by atoms with Gasteiger partial charge < -0.3 is 14.8 Å². The molecule has 1 aliphatic heterocycles. The molecule has 0 radical (unpaired) electrons. The molecule has 1 amide bonds. The lowest BCUT2D eigenvalue weighted by Gasteiger charge is -2.22. The van der Waals surface area contributed by atoms with E-state index in [9.17, 15) is 4.79 Å². The van der Waals surface area contributed by atoms with Crippen LogP contribution in [0.1, 0.15) is 18.4 Å². The number of nitrogens with zero attached hydrogens (tertiary/aromatic N) is 3. The lowest BCUT2D eigenvalue weighted by Crippen LogP contribution is -2.32. The van der Waals surface area contributed by atoms with Crippen LogP contribution >= 0.6 is 0 Å². The van der Waals surface area contributed by atoms with E-state index in [0.717, 1.165) is 29.7 Å². The van der Waals surface area contributed by atoms with Crippen molar-refractivity contribution in [2.75, 3.05) is 13.2 Å². The summed E-state index contributed by atoms with van der Waals surface area (Å²) in [6.07, 6.45) is 6.50. The summed E-state index contributed by atoms with van der Waals surface area (Å²) in [5, 5.41) is 6.88. The monoisotopic (exact) mass is 316 g/mol. The molecule has 1 fully saturated rings. The number of hydrogen-bond acceptors (Lipinski definition) is 5. The fraction of sp³-hybridized carbons (Fsp3) is 0.438. The highest BCUT2D eigenvalue weighted by Crippen LogP contribution is 2.15. The van der Waals surface area contributed by atoms with E-state index in [1.54, 1.807) is 17.1 Å². The molecule has 0 aliphatic carbocycles. The number of ether oxygens (including phenoxy) is 2. The topological polar surface area (TPSA) is 78.3 Å². The molecule has 1 aliphatic rings. The molecule has 2 aromatic rings. The quantitative estimate of drug-likeness (QED) is 0.932. The molecular formula is C16H20N4O3. The molecule has 0 unspecified atom stereocenters. The molecule has 23 heavy (non-hydrogen) atoms. The van der Waals surface area contributed by atoms with Crippen molar-refractivity contribution in [1.29, 1.82) is 0 Å². The number of carbonyl (C=O) groups is 1. The molecule has 3 heterocycles. The zero-order valence-electron chi connectivity index (χ0n) is 13.1. The van der Waals surface area contributed by atoms with Gasteiger partial charge in [-0.05, 0) is 11.6 Å². The summed E-state index contributed by atoms with van der Waals surface area (Å²) < 4.78 is 12.3. The highest BCUT2D eigenvalue weighted by atomic mass is 16.6. The van der Waals surface area contributed by atoms with Crippen LogP contribution in [0.15, 0.2) is 30.7 Å². The number of hydrogen-bond donors (Lipinski definition) is 1. The SMILES string of the molecule is Cn1cc(-c2ccc(CNC(=O)OC3CCOCC3)cn2)cn1. The lowest BCUT2D eigenvalue weighted by molar-refractivity contribution is 0.00151. The van der Waals surface area contributed by atoms with Gasteiger partial charge in [0.25, 0.3) is 0 Å². The highest BCUT2D eigenvalue weighted by Gasteiger charge is 2.17. The first-order valence-electron chi connectivity index (χ1n) is 7.67. The first kappa shape index (κ1) is 15.5. The van der Waals surface area contributed by atoms with Crippen LogP contribution in [0.5, 0.6) is 0 Å². The summed E-state index contributed by atoms with van der Waals surface area (Å²) in [6.45, 7) is 1.69. The first-order chi connectivity index (χ1) is 11.2. The van der Waals surface area contributed by atoms with Gasteiger partial charge >= 0.3 is 6.09 Å². The summed E-state index contributed by atoms with van der Waals surface area (Å²) in [6, 6.07) is 3.85. The van der Waals surface area contributed by atoms with Crippen molar-refractivity contribution in [3.05, 3.63) is 36.3 Å². The van der Waals surface area contributed by atoms with E-state index in [4.69, 9.17) is 9.47 Å². The average molecular weight is 316 g/mol. The summed E-state index contributed by atoms with van der Waals surface area (Å²) >= 11 is 0. The summed E-state index contributed by atoms with van der Waals surface area (Å²) in [5.74, 6) is 0. The van der Waals surface area contributed by atoms with Gasteiger partial charge in [0.1, 0.15) is 6.10 Å². The van der Waals surface area contributed by atoms with Gasteiger partial charge in [-0.15, -0.1) is 0 Å². The molecule has 3 rings (SSSR count). The van der Waals surface area contributed by atoms with Crippen LogP contribution in [-0.2, 0) is 23.1 Å². The number of nitrogens with one attached hydrogen (secondary N) is 1. The normalized spacial score (nSPS) is 15.3. The van der Waals surface area contributed by atoms with Gasteiger partial charge in [-0.2, -0.15) is 5.10 Å². The Morgan fingerprint density at radius 1 is 1.39 bits per heavy atom. The third kappa shape index (κ3) is 4.29. The van der Waals surface area contributed by atoms with Gasteiger partial charge in [0.2, 0.25) is 0 Å². The predicted octanol–water partition coefficient (Wildman–Crippen LogP) is 1.89. The van der Waals surface area contributed by atoms with Gasteiger partial charge in [-0.3, -0.25) is 9.67 Å². The van der Waals surface area contributed by atoms with E-state index in [1.165, 1.54) is 0 Å². The molecule has 0 aromatic carbocycles.